The van der Waals surface area contributed by atoms with Gasteiger partial charge in [0.2, 0.25) is 0 Å². The van der Waals surface area contributed by atoms with Gasteiger partial charge in [0.15, 0.2) is 5.82 Å². The van der Waals surface area contributed by atoms with E-state index in [9.17, 15) is 18.0 Å². The van der Waals surface area contributed by atoms with Crippen molar-refractivity contribution in [2.24, 2.45) is 0 Å². The van der Waals surface area contributed by atoms with Crippen molar-refractivity contribution in [2.75, 3.05) is 11.9 Å². The molecule has 204 valence electrons. The number of nitrogens with zero attached hydrogens (tertiary/aromatic N) is 3. The van der Waals surface area contributed by atoms with Crippen molar-refractivity contribution in [3.8, 4) is 22.8 Å². The van der Waals surface area contributed by atoms with Gasteiger partial charge in [-0.1, -0.05) is 43.3 Å². The van der Waals surface area contributed by atoms with Crippen LogP contribution in [0.3, 0.4) is 0 Å². The van der Waals surface area contributed by atoms with Crippen molar-refractivity contribution in [1.82, 2.24) is 20.1 Å². The van der Waals surface area contributed by atoms with Gasteiger partial charge in [0.05, 0.1) is 5.69 Å². The van der Waals surface area contributed by atoms with Gasteiger partial charge in [-0.3, -0.25) is 0 Å². The second kappa shape index (κ2) is 12.5. The van der Waals surface area contributed by atoms with Crippen molar-refractivity contribution in [2.45, 2.75) is 45.9 Å². The molecule has 0 saturated heterocycles. The van der Waals surface area contributed by atoms with E-state index in [1.165, 1.54) is 24.3 Å². The van der Waals surface area contributed by atoms with Crippen LogP contribution >= 0.6 is 0 Å². The average Bonchev–Trinajstić information content (AvgIpc) is 3.31. The van der Waals surface area contributed by atoms with Crippen LogP contribution in [0.5, 0.6) is 5.75 Å². The van der Waals surface area contributed by atoms with Crippen molar-refractivity contribution in [3.05, 3.63) is 89.7 Å². The molecule has 10 heteroatoms. The van der Waals surface area contributed by atoms with Gasteiger partial charge < -0.3 is 15.4 Å². The average molecular weight is 538 g/mol. The zero-order valence-electron chi connectivity index (χ0n) is 21.8. The number of hydrogen-bond acceptors (Lipinski definition) is 4. The lowest BCUT2D eigenvalue weighted by Gasteiger charge is -2.10. The molecule has 4 rings (SSSR count). The van der Waals surface area contributed by atoms with Crippen LogP contribution in [-0.2, 0) is 12.8 Å². The number of rotatable bonds is 10. The van der Waals surface area contributed by atoms with Crippen LogP contribution < -0.4 is 15.4 Å². The summed E-state index contributed by atoms with van der Waals surface area (Å²) in [5.41, 5.74) is 4.39. The van der Waals surface area contributed by atoms with Gasteiger partial charge in [0, 0.05) is 24.2 Å². The molecule has 0 unspecified atom stereocenters. The number of aromatic nitrogens is 3. The van der Waals surface area contributed by atoms with E-state index in [1.54, 1.807) is 4.68 Å². The molecule has 0 aliphatic rings. The fraction of sp³-hybridized carbons (Fsp3) is 0.276. The van der Waals surface area contributed by atoms with E-state index in [2.05, 4.69) is 25.5 Å². The Balaban J connectivity index is 1.34. The summed E-state index contributed by atoms with van der Waals surface area (Å²) in [6, 6.07) is 20.9. The van der Waals surface area contributed by atoms with E-state index in [0.717, 1.165) is 47.5 Å². The molecule has 0 aliphatic carbocycles. The molecule has 0 bridgehead atoms. The number of benzene rings is 3. The van der Waals surface area contributed by atoms with Crippen LogP contribution in [0.2, 0.25) is 0 Å². The molecule has 3 aromatic carbocycles. The van der Waals surface area contributed by atoms with Crippen LogP contribution in [0, 0.1) is 6.92 Å². The minimum Gasteiger partial charge on any atom is -0.406 e. The Morgan fingerprint density at radius 3 is 2.41 bits per heavy atom. The van der Waals surface area contributed by atoms with Crippen LogP contribution in [0.1, 0.15) is 36.7 Å². The predicted octanol–water partition coefficient (Wildman–Crippen LogP) is 6.85. The molecule has 0 fully saturated rings. The molecular weight excluding hydrogens is 507 g/mol. The highest BCUT2D eigenvalue weighted by atomic mass is 19.4. The van der Waals surface area contributed by atoms with Crippen LogP contribution in [0.15, 0.2) is 72.8 Å². The first-order chi connectivity index (χ1) is 18.7. The Morgan fingerprint density at radius 1 is 1.00 bits per heavy atom. The molecule has 0 radical (unpaired) electrons. The first-order valence-electron chi connectivity index (χ1n) is 12.7. The summed E-state index contributed by atoms with van der Waals surface area (Å²) >= 11 is 0. The highest BCUT2D eigenvalue weighted by Crippen LogP contribution is 2.25. The topological polar surface area (TPSA) is 81.1 Å². The Labute approximate surface area is 225 Å². The molecule has 1 heterocycles. The Bertz CT molecular complexity index is 1380. The fourth-order valence-corrected chi connectivity index (χ4v) is 4.06. The molecular formula is C29H30F3N5O2. The number of aryl methyl sites for hydroxylation is 3. The van der Waals surface area contributed by atoms with E-state index in [-0.39, 0.29) is 11.8 Å². The number of amides is 2. The van der Waals surface area contributed by atoms with Gasteiger partial charge in [-0.25, -0.2) is 14.5 Å². The van der Waals surface area contributed by atoms with Gasteiger partial charge in [0.25, 0.3) is 0 Å². The summed E-state index contributed by atoms with van der Waals surface area (Å²) < 4.78 is 43.1. The third kappa shape index (κ3) is 8.07. The molecule has 0 atom stereocenters. The molecule has 1 aromatic heterocycles. The smallest absolute Gasteiger partial charge is 0.406 e. The highest BCUT2D eigenvalue weighted by Gasteiger charge is 2.31. The second-order valence-electron chi connectivity index (χ2n) is 9.11. The molecule has 2 N–H and O–H groups in total. The third-order valence-corrected chi connectivity index (χ3v) is 5.88. The third-order valence-electron chi connectivity index (χ3n) is 5.88. The number of carbonyl (C=O) groups is 1. The lowest BCUT2D eigenvalue weighted by Crippen LogP contribution is -2.29. The summed E-state index contributed by atoms with van der Waals surface area (Å²) in [4.78, 5) is 16.8. The van der Waals surface area contributed by atoms with E-state index in [0.29, 0.717) is 24.5 Å². The monoisotopic (exact) mass is 537 g/mol. The first kappa shape index (κ1) is 27.7. The van der Waals surface area contributed by atoms with Gasteiger partial charge in [-0.05, 0) is 73.7 Å². The number of halogens is 3. The SMILES string of the molecule is CCCc1nc(-c2ccc(CCCNC(=O)Nc3cccc(C)c3)cc2)nn1-c1ccc(OC(F)(F)F)cc1. The Hall–Kier alpha value is -4.34. The molecule has 39 heavy (non-hydrogen) atoms. The Morgan fingerprint density at radius 2 is 1.74 bits per heavy atom. The number of alkyl halides is 3. The molecule has 4 aromatic rings. The Kier molecular flexibility index (Phi) is 8.85. The normalized spacial score (nSPS) is 11.3. The highest BCUT2D eigenvalue weighted by molar-refractivity contribution is 5.89. The summed E-state index contributed by atoms with van der Waals surface area (Å²) in [6.45, 7) is 4.53. The fourth-order valence-electron chi connectivity index (χ4n) is 4.06. The maximum atomic E-state index is 12.5. The molecule has 2 amide bonds. The zero-order chi connectivity index (χ0) is 27.8. The zero-order valence-corrected chi connectivity index (χ0v) is 21.8. The molecule has 0 aliphatic heterocycles. The lowest BCUT2D eigenvalue weighted by molar-refractivity contribution is -0.274. The number of carbonyl (C=O) groups excluding carboxylic acids is 1. The standard InChI is InChI=1S/C29H30F3N5O2/c1-3-6-26-35-27(36-37(26)24-14-16-25(17-15-24)39-29(30,31)32)22-12-10-21(11-13-22)8-5-18-33-28(38)34-23-9-4-7-20(2)19-23/h4,7,9-17,19H,3,5-6,8,18H2,1-2H3,(H2,33,34,38). The van der Waals surface area contributed by atoms with E-state index in [4.69, 9.17) is 0 Å². The second-order valence-corrected chi connectivity index (χ2v) is 9.11. The summed E-state index contributed by atoms with van der Waals surface area (Å²) in [5, 5.41) is 10.3. The van der Waals surface area contributed by atoms with Gasteiger partial charge in [-0.15, -0.1) is 18.3 Å². The van der Waals surface area contributed by atoms with E-state index >= 15 is 0 Å². The van der Waals surface area contributed by atoms with E-state index in [1.807, 2.05) is 62.4 Å². The predicted molar refractivity (Wildman–Crippen MR) is 144 cm³/mol. The number of ether oxygens (including phenoxy) is 1. The van der Waals surface area contributed by atoms with Crippen molar-refractivity contribution in [3.63, 3.8) is 0 Å². The summed E-state index contributed by atoms with van der Waals surface area (Å²) in [7, 11) is 0. The number of anilines is 1. The molecule has 0 saturated carbocycles. The van der Waals surface area contributed by atoms with Gasteiger partial charge in [-0.2, -0.15) is 0 Å². The van der Waals surface area contributed by atoms with Crippen LogP contribution in [0.4, 0.5) is 23.7 Å². The maximum Gasteiger partial charge on any atom is 0.573 e. The molecule has 0 spiro atoms. The van der Waals surface area contributed by atoms with Crippen molar-refractivity contribution < 1.29 is 22.7 Å². The van der Waals surface area contributed by atoms with Gasteiger partial charge >= 0.3 is 12.4 Å². The number of hydrogen-bond donors (Lipinski definition) is 2. The maximum absolute atomic E-state index is 12.5. The van der Waals surface area contributed by atoms with Crippen LogP contribution in [-0.4, -0.2) is 33.7 Å². The summed E-state index contributed by atoms with van der Waals surface area (Å²) in [6.07, 6.45) is -1.67. The number of urea groups is 1. The minimum absolute atomic E-state index is 0.233. The molecule has 7 nitrogen and oxygen atoms in total. The van der Waals surface area contributed by atoms with Crippen molar-refractivity contribution in [1.29, 1.82) is 0 Å². The first-order valence-corrected chi connectivity index (χ1v) is 12.7. The number of nitrogens with one attached hydrogen (secondary N) is 2. The quantitative estimate of drug-likeness (QED) is 0.217. The largest absolute Gasteiger partial charge is 0.573 e. The van der Waals surface area contributed by atoms with Crippen LogP contribution in [0.25, 0.3) is 17.1 Å². The lowest BCUT2D eigenvalue weighted by atomic mass is 10.1. The van der Waals surface area contributed by atoms with Crippen molar-refractivity contribution >= 4 is 11.7 Å². The van der Waals surface area contributed by atoms with E-state index < -0.39 is 6.36 Å². The summed E-state index contributed by atoms with van der Waals surface area (Å²) in [5.74, 6) is 0.965. The van der Waals surface area contributed by atoms with Gasteiger partial charge in [0.1, 0.15) is 11.6 Å². The minimum atomic E-state index is -4.74.